The van der Waals surface area contributed by atoms with Gasteiger partial charge in [-0.25, -0.2) is 0 Å². The predicted octanol–water partition coefficient (Wildman–Crippen LogP) is 6.60. The van der Waals surface area contributed by atoms with Crippen LogP contribution in [-0.4, -0.2) is 21.9 Å². The van der Waals surface area contributed by atoms with Crippen molar-refractivity contribution >= 4 is 54.6 Å². The lowest BCUT2D eigenvalue weighted by Crippen LogP contribution is -2.56. The van der Waals surface area contributed by atoms with Crippen molar-refractivity contribution in [3.63, 3.8) is 0 Å². The van der Waals surface area contributed by atoms with Crippen molar-refractivity contribution in [1.29, 1.82) is 0 Å². The third-order valence-corrected chi connectivity index (χ3v) is 5.85. The van der Waals surface area contributed by atoms with E-state index in [4.69, 9.17) is 11.6 Å². The summed E-state index contributed by atoms with van der Waals surface area (Å²) in [5, 5.41) is -6.96. The molecule has 0 aliphatic rings. The molecule has 0 spiro atoms. The largest absolute Gasteiger partial charge is 0.607 e. The Bertz CT molecular complexity index is 612. The summed E-state index contributed by atoms with van der Waals surface area (Å²) in [7, 11) is 0. The molecule has 0 aliphatic heterocycles. The summed E-state index contributed by atoms with van der Waals surface area (Å²) >= 11 is 7.60. The molecule has 0 fully saturated rings. The van der Waals surface area contributed by atoms with Crippen LogP contribution >= 0.6 is 43.5 Å². The average Bonchev–Trinajstić information content (AvgIpc) is 2.43. The second-order valence-corrected chi connectivity index (χ2v) is 8.11. The van der Waals surface area contributed by atoms with Crippen LogP contribution in [0, 0.1) is 6.07 Å². The molecule has 2 atom stereocenters. The smallest absolute Gasteiger partial charge is 0.486 e. The molecule has 0 bridgehead atoms. The van der Waals surface area contributed by atoms with Crippen LogP contribution in [0.3, 0.4) is 0 Å². The van der Waals surface area contributed by atoms with E-state index in [-0.39, 0.29) is 20.9 Å². The van der Waals surface area contributed by atoms with Gasteiger partial charge in [-0.3, -0.25) is 0 Å². The molecule has 137 valence electrons. The maximum atomic E-state index is 13.7. The van der Waals surface area contributed by atoms with Crippen molar-refractivity contribution in [2.75, 3.05) is 0 Å². The highest BCUT2D eigenvalue weighted by Crippen LogP contribution is 2.52. The maximum absolute atomic E-state index is 13.7. The molecule has 1 radical (unpaired) electrons. The minimum atomic E-state index is -6.58. The fourth-order valence-corrected chi connectivity index (χ4v) is 4.97. The molecule has 0 heterocycles. The number of alkyl halides is 8. The molecule has 12 heteroatoms. The molecule has 1 aromatic rings. The summed E-state index contributed by atoms with van der Waals surface area (Å²) in [6.07, 6.45) is -6.46. The number of benzene rings is 1. The van der Waals surface area contributed by atoms with Crippen LogP contribution in [0.2, 0.25) is 0 Å². The first-order valence-corrected chi connectivity index (χ1v) is 9.15. The molecule has 0 aliphatic carbocycles. The van der Waals surface area contributed by atoms with Gasteiger partial charge in [0.2, 0.25) is 0 Å². The lowest BCUT2D eigenvalue weighted by molar-refractivity contribution is -0.332. The van der Waals surface area contributed by atoms with Crippen molar-refractivity contribution in [2.24, 2.45) is 0 Å². The molecule has 1 rings (SSSR count). The van der Waals surface area contributed by atoms with E-state index in [1.807, 2.05) is 0 Å². The number of hydrogen-bond acceptors (Lipinski definition) is 1. The van der Waals surface area contributed by atoms with Gasteiger partial charge in [-0.05, 0) is 38.3 Å². The summed E-state index contributed by atoms with van der Waals surface area (Å²) in [5.41, 5.74) is -0.293. The normalized spacial score (nSPS) is 16.2. The molecule has 1 nitrogen and oxygen atoms in total. The summed E-state index contributed by atoms with van der Waals surface area (Å²) in [6, 6.07) is 3.25. The molecule has 0 saturated heterocycles. The Labute approximate surface area is 157 Å². The second kappa shape index (κ2) is 7.50. The highest BCUT2D eigenvalue weighted by molar-refractivity contribution is 9.11. The number of rotatable bonds is 5. The molecule has 24 heavy (non-hydrogen) atoms. The van der Waals surface area contributed by atoms with E-state index >= 15 is 0 Å². The van der Waals surface area contributed by atoms with E-state index < -0.39 is 38.8 Å². The average molecular weight is 528 g/mol. The Morgan fingerprint density at radius 1 is 1.21 bits per heavy atom. The number of hydrogen-bond donors (Lipinski definition) is 0. The van der Waals surface area contributed by atoms with Crippen LogP contribution in [0.5, 0.6) is 0 Å². The standard InChI is InChI=1S/C12H7Br2ClF7OS/c1-2-7(15)9-6(14)3-5(13)4-8(9)24(23)12(21,22)10(16,17)11(18,19)20/h4,7H,2H2,1H3. The Hall–Kier alpha value is 0.290. The van der Waals surface area contributed by atoms with Gasteiger partial charge in [0.05, 0.1) is 16.6 Å². The van der Waals surface area contributed by atoms with Crippen molar-refractivity contribution < 1.29 is 35.3 Å². The first-order chi connectivity index (χ1) is 10.7. The van der Waals surface area contributed by atoms with E-state index in [0.717, 1.165) is 6.07 Å². The molecule has 2 unspecified atom stereocenters. The lowest BCUT2D eigenvalue weighted by atomic mass is 10.1. The topological polar surface area (TPSA) is 23.1 Å². The van der Waals surface area contributed by atoms with E-state index in [1.165, 1.54) is 6.92 Å². The highest BCUT2D eigenvalue weighted by atomic mass is 79.9. The summed E-state index contributed by atoms with van der Waals surface area (Å²) in [5.74, 6) is -6.49. The maximum Gasteiger partial charge on any atom is 0.486 e. The SMILES string of the molecule is CCC(Cl)c1c(Br)[c]c(Br)cc1[S+]([O-])C(F)(F)C(F)(F)C(F)(F)F. The van der Waals surface area contributed by atoms with Gasteiger partial charge in [0.15, 0.2) is 4.90 Å². The molecule has 0 N–H and O–H groups in total. The van der Waals surface area contributed by atoms with Gasteiger partial charge in [0.25, 0.3) is 0 Å². The zero-order valence-electron chi connectivity index (χ0n) is 11.5. The van der Waals surface area contributed by atoms with Gasteiger partial charge in [-0.15, -0.1) is 20.4 Å². The first kappa shape index (κ1) is 22.3. The molecular formula is C12H7Br2ClF7OS. The van der Waals surface area contributed by atoms with E-state index in [9.17, 15) is 35.3 Å². The zero-order chi connectivity index (χ0) is 19.1. The summed E-state index contributed by atoms with van der Waals surface area (Å²) < 4.78 is 102. The summed E-state index contributed by atoms with van der Waals surface area (Å²) in [6.45, 7) is 1.52. The van der Waals surface area contributed by atoms with Crippen molar-refractivity contribution in [3.05, 3.63) is 26.6 Å². The monoisotopic (exact) mass is 525 g/mol. The molecule has 0 amide bonds. The molecular weight excluding hydrogens is 520 g/mol. The van der Waals surface area contributed by atoms with Gasteiger partial charge >= 0.3 is 17.4 Å². The van der Waals surface area contributed by atoms with Crippen LogP contribution in [0.1, 0.15) is 24.3 Å². The minimum absolute atomic E-state index is 0.0757. The third kappa shape index (κ3) is 3.99. The quantitative estimate of drug-likeness (QED) is 0.241. The van der Waals surface area contributed by atoms with E-state index in [2.05, 4.69) is 37.9 Å². The van der Waals surface area contributed by atoms with Gasteiger partial charge in [0.1, 0.15) is 0 Å². The Balaban J connectivity index is 3.56. The van der Waals surface area contributed by atoms with Crippen LogP contribution in [0.25, 0.3) is 0 Å². The van der Waals surface area contributed by atoms with Crippen LogP contribution in [0.15, 0.2) is 19.9 Å². The summed E-state index contributed by atoms with van der Waals surface area (Å²) in [4.78, 5) is -0.941. The predicted molar refractivity (Wildman–Crippen MR) is 81.9 cm³/mol. The first-order valence-electron chi connectivity index (χ1n) is 5.98. The third-order valence-electron chi connectivity index (χ3n) is 2.81. The molecule has 0 saturated carbocycles. The van der Waals surface area contributed by atoms with Crippen LogP contribution in [-0.2, 0) is 11.2 Å². The van der Waals surface area contributed by atoms with Gasteiger partial charge in [-0.1, -0.05) is 6.92 Å². The Morgan fingerprint density at radius 3 is 2.12 bits per heavy atom. The van der Waals surface area contributed by atoms with Gasteiger partial charge in [-0.2, -0.15) is 22.0 Å². The fourth-order valence-electron chi connectivity index (χ4n) is 1.58. The fraction of sp³-hybridized carbons (Fsp3) is 0.500. The van der Waals surface area contributed by atoms with Gasteiger partial charge < -0.3 is 4.55 Å². The Kier molecular flexibility index (Phi) is 6.97. The zero-order valence-corrected chi connectivity index (χ0v) is 16.2. The van der Waals surface area contributed by atoms with Crippen molar-refractivity contribution in [1.82, 2.24) is 0 Å². The number of halogens is 10. The Morgan fingerprint density at radius 2 is 1.71 bits per heavy atom. The van der Waals surface area contributed by atoms with Crippen LogP contribution < -0.4 is 0 Å². The van der Waals surface area contributed by atoms with Crippen molar-refractivity contribution in [3.8, 4) is 0 Å². The highest BCUT2D eigenvalue weighted by Gasteiger charge is 2.80. The van der Waals surface area contributed by atoms with Crippen molar-refractivity contribution in [2.45, 2.75) is 41.0 Å². The van der Waals surface area contributed by atoms with Gasteiger partial charge in [0, 0.05) is 26.6 Å². The molecule has 1 aromatic carbocycles. The lowest BCUT2D eigenvalue weighted by Gasteiger charge is -2.29. The van der Waals surface area contributed by atoms with E-state index in [0.29, 0.717) is 0 Å². The van der Waals surface area contributed by atoms with E-state index in [1.54, 1.807) is 0 Å². The minimum Gasteiger partial charge on any atom is -0.607 e. The molecule has 0 aromatic heterocycles. The van der Waals surface area contributed by atoms with Crippen LogP contribution in [0.4, 0.5) is 30.7 Å². The second-order valence-electron chi connectivity index (χ2n) is 4.44.